The van der Waals surface area contributed by atoms with Crippen molar-refractivity contribution in [2.45, 2.75) is 6.23 Å². The molecule has 1 aliphatic rings. The van der Waals surface area contributed by atoms with Crippen LogP contribution in [0.3, 0.4) is 0 Å². The van der Waals surface area contributed by atoms with Crippen LogP contribution in [0.5, 0.6) is 0 Å². The smallest absolute Gasteiger partial charge is 0.132 e. The van der Waals surface area contributed by atoms with Crippen molar-refractivity contribution in [3.05, 3.63) is 0 Å². The second-order valence-electron chi connectivity index (χ2n) is 1.56. The summed E-state index contributed by atoms with van der Waals surface area (Å²) < 4.78 is 4.84. The summed E-state index contributed by atoms with van der Waals surface area (Å²) in [5.74, 6) is 0. The van der Waals surface area contributed by atoms with E-state index in [0.29, 0.717) is 12.8 Å². The third-order valence-corrected chi connectivity index (χ3v) is 0.850. The van der Waals surface area contributed by atoms with Crippen molar-refractivity contribution < 1.29 is 10.2 Å². The van der Waals surface area contributed by atoms with Crippen molar-refractivity contribution in [1.29, 1.82) is 0 Å². The fourth-order valence-electron chi connectivity index (χ4n) is 0.410. The molecule has 1 saturated heterocycles. The molecule has 0 aromatic carbocycles. The zero-order valence-electron chi connectivity index (χ0n) is 4.68. The highest BCUT2D eigenvalue weighted by molar-refractivity contribution is 4.64. The van der Waals surface area contributed by atoms with Gasteiger partial charge in [0.05, 0.1) is 6.61 Å². The molecule has 0 aromatic rings. The molecule has 0 radical (unpaired) electrons. The third-order valence-electron chi connectivity index (χ3n) is 0.850. The van der Waals surface area contributed by atoms with Gasteiger partial charge in [0.2, 0.25) is 0 Å². The van der Waals surface area contributed by atoms with Gasteiger partial charge in [-0.2, -0.15) is 0 Å². The Balaban J connectivity index is 0.000000490. The molecule has 1 rings (SSSR count). The van der Waals surface area contributed by atoms with Gasteiger partial charge in [-0.1, -0.05) is 0 Å². The van der Waals surface area contributed by atoms with Gasteiger partial charge in [0, 0.05) is 13.1 Å². The first kappa shape index (κ1) is 7.84. The lowest BCUT2D eigenvalue weighted by atomic mass is 10.6. The van der Waals surface area contributed by atoms with Crippen LogP contribution in [0.1, 0.15) is 0 Å². The monoisotopic (exact) mass is 120 g/mol. The lowest BCUT2D eigenvalue weighted by molar-refractivity contribution is 0.372. The highest BCUT2D eigenvalue weighted by Crippen LogP contribution is 2.01. The van der Waals surface area contributed by atoms with Crippen LogP contribution < -0.4 is 11.1 Å². The number of nitrogens with one attached hydrogen (secondary N) is 1. The van der Waals surface area contributed by atoms with Crippen LogP contribution in [-0.2, 0) is 4.74 Å². The highest BCUT2D eigenvalue weighted by Gasteiger charge is 2.19. The number of rotatable bonds is 3. The molecule has 4 heteroatoms. The fraction of sp³-hybridized carbons (Fsp3) is 1.00. The van der Waals surface area contributed by atoms with Gasteiger partial charge >= 0.3 is 0 Å². The molecule has 50 valence electrons. The molecule has 1 fully saturated rings. The van der Waals surface area contributed by atoms with Crippen LogP contribution in [0.25, 0.3) is 0 Å². The Morgan fingerprint density at radius 2 is 2.38 bits per heavy atom. The zero-order chi connectivity index (χ0) is 5.11. The van der Waals surface area contributed by atoms with Crippen LogP contribution in [0, 0.1) is 0 Å². The maximum Gasteiger partial charge on any atom is 0.132 e. The van der Waals surface area contributed by atoms with E-state index in [9.17, 15) is 0 Å². The number of hydrogen-bond acceptors (Lipinski definition) is 3. The first-order valence-corrected chi connectivity index (χ1v) is 2.48. The van der Waals surface area contributed by atoms with Gasteiger partial charge in [-0.25, -0.2) is 0 Å². The van der Waals surface area contributed by atoms with Crippen molar-refractivity contribution in [2.24, 2.45) is 5.73 Å². The molecule has 1 heterocycles. The molecule has 5 N–H and O–H groups in total. The first-order chi connectivity index (χ1) is 3.43. The fourth-order valence-corrected chi connectivity index (χ4v) is 0.410. The van der Waals surface area contributed by atoms with Crippen molar-refractivity contribution in [2.75, 3.05) is 19.7 Å². The van der Waals surface area contributed by atoms with E-state index in [1.807, 2.05) is 0 Å². The molecule has 0 amide bonds. The average Bonchev–Trinajstić information content (AvgIpc) is 2.42. The van der Waals surface area contributed by atoms with E-state index in [2.05, 4.69) is 5.32 Å². The summed E-state index contributed by atoms with van der Waals surface area (Å²) in [5.41, 5.74) is 5.19. The van der Waals surface area contributed by atoms with E-state index in [1.165, 1.54) is 0 Å². The van der Waals surface area contributed by atoms with Crippen molar-refractivity contribution in [3.63, 3.8) is 0 Å². The summed E-state index contributed by atoms with van der Waals surface area (Å²) in [5, 5.41) is 3.06. The van der Waals surface area contributed by atoms with Gasteiger partial charge in [-0.15, -0.1) is 0 Å². The Hall–Kier alpha value is -0.160. The average molecular weight is 120 g/mol. The second-order valence-corrected chi connectivity index (χ2v) is 1.56. The molecule has 0 aromatic heterocycles. The van der Waals surface area contributed by atoms with Crippen LogP contribution >= 0.6 is 0 Å². The summed E-state index contributed by atoms with van der Waals surface area (Å²) in [6, 6.07) is 0. The standard InChI is InChI=1S/C4H10N2O.H2O/c5-1-2-6-4-3-7-4;/h4,6H,1-3,5H2;1H2. The lowest BCUT2D eigenvalue weighted by Gasteiger charge is -1.92. The van der Waals surface area contributed by atoms with E-state index in [0.717, 1.165) is 13.2 Å². The van der Waals surface area contributed by atoms with Crippen molar-refractivity contribution >= 4 is 0 Å². The summed E-state index contributed by atoms with van der Waals surface area (Å²) in [6.07, 6.45) is 0.323. The lowest BCUT2D eigenvalue weighted by Crippen LogP contribution is -2.24. The normalized spacial score (nSPS) is 24.4. The Labute approximate surface area is 48.3 Å². The van der Waals surface area contributed by atoms with E-state index >= 15 is 0 Å². The number of ether oxygens (including phenoxy) is 1. The van der Waals surface area contributed by atoms with Crippen molar-refractivity contribution in [3.8, 4) is 0 Å². The topological polar surface area (TPSA) is 82.1 Å². The van der Waals surface area contributed by atoms with Gasteiger partial charge in [-0.05, 0) is 0 Å². The Kier molecular flexibility index (Phi) is 3.72. The molecule has 1 atom stereocenters. The van der Waals surface area contributed by atoms with E-state index in [-0.39, 0.29) is 5.48 Å². The van der Waals surface area contributed by atoms with E-state index < -0.39 is 0 Å². The molecular formula is C4H12N2O2. The second kappa shape index (κ2) is 3.80. The van der Waals surface area contributed by atoms with Gasteiger partial charge in [0.1, 0.15) is 6.23 Å². The minimum absolute atomic E-state index is 0. The molecule has 8 heavy (non-hydrogen) atoms. The largest absolute Gasteiger partial charge is 0.412 e. The van der Waals surface area contributed by atoms with Gasteiger partial charge in [-0.3, -0.25) is 5.32 Å². The van der Waals surface area contributed by atoms with Crippen LogP contribution in [0.4, 0.5) is 0 Å². The molecule has 1 aliphatic heterocycles. The minimum Gasteiger partial charge on any atom is -0.412 e. The SMILES string of the molecule is NCCNC1CO1.O. The maximum absolute atomic E-state index is 5.19. The van der Waals surface area contributed by atoms with Crippen LogP contribution in [0.15, 0.2) is 0 Å². The zero-order valence-corrected chi connectivity index (χ0v) is 4.68. The molecule has 0 aliphatic carbocycles. The molecule has 0 saturated carbocycles. The number of nitrogens with two attached hydrogens (primary N) is 1. The predicted octanol–water partition coefficient (Wildman–Crippen LogP) is -1.93. The summed E-state index contributed by atoms with van der Waals surface area (Å²) >= 11 is 0. The maximum atomic E-state index is 5.19. The Bertz CT molecular complexity index is 56.0. The molecular weight excluding hydrogens is 108 g/mol. The van der Waals surface area contributed by atoms with Crippen molar-refractivity contribution in [1.82, 2.24) is 5.32 Å². The summed E-state index contributed by atoms with van der Waals surface area (Å²) in [4.78, 5) is 0. The Morgan fingerprint density at radius 1 is 1.75 bits per heavy atom. The molecule has 1 unspecified atom stereocenters. The molecule has 0 spiro atoms. The summed E-state index contributed by atoms with van der Waals surface area (Å²) in [6.45, 7) is 2.42. The first-order valence-electron chi connectivity index (χ1n) is 2.48. The van der Waals surface area contributed by atoms with E-state index in [4.69, 9.17) is 10.5 Å². The van der Waals surface area contributed by atoms with Crippen LogP contribution in [0.2, 0.25) is 0 Å². The number of epoxide rings is 1. The third kappa shape index (κ3) is 2.92. The predicted molar refractivity (Wildman–Crippen MR) is 30.4 cm³/mol. The quantitative estimate of drug-likeness (QED) is 0.425. The van der Waals surface area contributed by atoms with Gasteiger partial charge in [0.15, 0.2) is 0 Å². The number of hydrogen-bond donors (Lipinski definition) is 2. The van der Waals surface area contributed by atoms with E-state index in [1.54, 1.807) is 0 Å². The Morgan fingerprint density at radius 3 is 2.75 bits per heavy atom. The minimum atomic E-state index is 0. The summed E-state index contributed by atoms with van der Waals surface area (Å²) in [7, 11) is 0. The van der Waals surface area contributed by atoms with Gasteiger partial charge in [0.25, 0.3) is 0 Å². The van der Waals surface area contributed by atoms with Crippen LogP contribution in [-0.4, -0.2) is 31.4 Å². The molecule has 0 bridgehead atoms. The van der Waals surface area contributed by atoms with Gasteiger partial charge < -0.3 is 15.9 Å². The molecule has 4 nitrogen and oxygen atoms in total. The highest BCUT2D eigenvalue weighted by atomic mass is 16.6.